The molecule has 0 radical (unpaired) electrons. The van der Waals surface area contributed by atoms with Crippen molar-refractivity contribution in [3.63, 3.8) is 0 Å². The molecule has 0 saturated heterocycles. The summed E-state index contributed by atoms with van der Waals surface area (Å²) in [5, 5.41) is 5.00. The Hall–Kier alpha value is -2.06. The number of aromatic nitrogens is 1. The number of hydrogen-bond acceptors (Lipinski definition) is 1. The lowest BCUT2D eigenvalue weighted by molar-refractivity contribution is 0.570. The number of nitrogens with one attached hydrogen (secondary N) is 2. The van der Waals surface area contributed by atoms with Crippen LogP contribution in [-0.4, -0.2) is 11.5 Å². The average molecular weight is 262 g/mol. The zero-order valence-electron chi connectivity index (χ0n) is 11.6. The molecule has 1 aliphatic heterocycles. The van der Waals surface area contributed by atoms with E-state index in [1.807, 2.05) is 0 Å². The average Bonchev–Trinajstić information content (AvgIpc) is 2.92. The van der Waals surface area contributed by atoms with Crippen LogP contribution in [0.5, 0.6) is 0 Å². The van der Waals surface area contributed by atoms with Gasteiger partial charge in [-0.05, 0) is 35.6 Å². The van der Waals surface area contributed by atoms with Gasteiger partial charge in [0.25, 0.3) is 0 Å². The fourth-order valence-corrected chi connectivity index (χ4v) is 3.35. The molecule has 1 aliphatic rings. The fraction of sp³-hybridized carbons (Fsp3) is 0.222. The van der Waals surface area contributed by atoms with E-state index in [1.165, 1.54) is 33.2 Å². The summed E-state index contributed by atoms with van der Waals surface area (Å²) in [6.45, 7) is 3.20. The predicted octanol–water partition coefficient (Wildman–Crippen LogP) is 3.71. The largest absolute Gasteiger partial charge is 0.361 e. The molecule has 2 N–H and O–H groups in total. The molecule has 2 heteroatoms. The van der Waals surface area contributed by atoms with Crippen LogP contribution in [0, 0.1) is 6.92 Å². The van der Waals surface area contributed by atoms with Crippen molar-refractivity contribution in [2.75, 3.05) is 6.54 Å². The first-order valence-corrected chi connectivity index (χ1v) is 7.22. The molecule has 1 atom stereocenters. The summed E-state index contributed by atoms with van der Waals surface area (Å²) in [6.07, 6.45) is 3.28. The van der Waals surface area contributed by atoms with Crippen LogP contribution < -0.4 is 5.32 Å². The molecule has 20 heavy (non-hydrogen) atoms. The van der Waals surface area contributed by atoms with Gasteiger partial charge < -0.3 is 10.3 Å². The fourth-order valence-electron chi connectivity index (χ4n) is 3.35. The highest BCUT2D eigenvalue weighted by atomic mass is 14.9. The van der Waals surface area contributed by atoms with Crippen LogP contribution >= 0.6 is 0 Å². The molecule has 3 aromatic rings. The van der Waals surface area contributed by atoms with Crippen molar-refractivity contribution in [3.05, 3.63) is 70.9 Å². The van der Waals surface area contributed by atoms with Crippen LogP contribution in [0.3, 0.4) is 0 Å². The van der Waals surface area contributed by atoms with Crippen molar-refractivity contribution in [2.45, 2.75) is 19.4 Å². The summed E-state index contributed by atoms with van der Waals surface area (Å²) >= 11 is 0. The number of para-hydroxylation sites is 1. The molecule has 0 bridgehead atoms. The summed E-state index contributed by atoms with van der Waals surface area (Å²) in [6, 6.07) is 15.6. The highest BCUT2D eigenvalue weighted by Crippen LogP contribution is 2.33. The Bertz CT molecular complexity index is 770. The number of H-pyrrole nitrogens is 1. The second kappa shape index (κ2) is 4.50. The zero-order valence-corrected chi connectivity index (χ0v) is 11.6. The molecule has 0 saturated carbocycles. The minimum atomic E-state index is 0.301. The lowest BCUT2D eigenvalue weighted by Gasteiger charge is -2.26. The number of hydrogen-bond donors (Lipinski definition) is 2. The Morgan fingerprint density at radius 1 is 1.00 bits per heavy atom. The van der Waals surface area contributed by atoms with Gasteiger partial charge in [0.2, 0.25) is 0 Å². The summed E-state index contributed by atoms with van der Waals surface area (Å²) in [5.74, 6) is 0. The Morgan fingerprint density at radius 3 is 2.85 bits per heavy atom. The van der Waals surface area contributed by atoms with Gasteiger partial charge >= 0.3 is 0 Å². The van der Waals surface area contributed by atoms with E-state index in [-0.39, 0.29) is 0 Å². The van der Waals surface area contributed by atoms with Gasteiger partial charge in [-0.15, -0.1) is 0 Å². The standard InChI is InChI=1S/C18H18N2/c1-12-5-4-8-15-16(11-20-17(12)15)18-14-7-3-2-6-13(14)9-10-19-18/h2-8,11,18-20H,9-10H2,1H3. The lowest BCUT2D eigenvalue weighted by Crippen LogP contribution is -2.30. The molecule has 0 amide bonds. The SMILES string of the molecule is Cc1cccc2c(C3NCCc4ccccc43)c[nH]c12. The maximum absolute atomic E-state index is 3.67. The lowest BCUT2D eigenvalue weighted by atomic mass is 9.89. The first kappa shape index (κ1) is 11.7. The van der Waals surface area contributed by atoms with E-state index in [1.54, 1.807) is 0 Å². The highest BCUT2D eigenvalue weighted by molar-refractivity contribution is 5.86. The number of aryl methyl sites for hydroxylation is 1. The summed E-state index contributed by atoms with van der Waals surface area (Å²) in [4.78, 5) is 3.44. The van der Waals surface area contributed by atoms with Gasteiger partial charge in [0, 0.05) is 23.6 Å². The molecule has 4 rings (SSSR count). The van der Waals surface area contributed by atoms with Gasteiger partial charge in [-0.3, -0.25) is 0 Å². The normalized spacial score (nSPS) is 18.1. The van der Waals surface area contributed by atoms with Crippen LogP contribution in [0.2, 0.25) is 0 Å². The molecular formula is C18H18N2. The van der Waals surface area contributed by atoms with E-state index in [0.717, 1.165) is 13.0 Å². The second-order valence-electron chi connectivity index (χ2n) is 5.58. The van der Waals surface area contributed by atoms with Crippen LogP contribution in [0.1, 0.15) is 28.3 Å². The van der Waals surface area contributed by atoms with Gasteiger partial charge in [0.15, 0.2) is 0 Å². The quantitative estimate of drug-likeness (QED) is 0.687. The summed E-state index contributed by atoms with van der Waals surface area (Å²) in [5.41, 5.74) is 6.81. The first-order chi connectivity index (χ1) is 9.84. The topological polar surface area (TPSA) is 27.8 Å². The van der Waals surface area contributed by atoms with Gasteiger partial charge in [-0.1, -0.05) is 42.5 Å². The Morgan fingerprint density at radius 2 is 1.90 bits per heavy atom. The maximum atomic E-state index is 3.67. The van der Waals surface area contributed by atoms with E-state index in [9.17, 15) is 0 Å². The van der Waals surface area contributed by atoms with Crippen molar-refractivity contribution in [1.82, 2.24) is 10.3 Å². The van der Waals surface area contributed by atoms with E-state index >= 15 is 0 Å². The second-order valence-corrected chi connectivity index (χ2v) is 5.58. The summed E-state index contributed by atoms with van der Waals surface area (Å²) in [7, 11) is 0. The van der Waals surface area contributed by atoms with Crippen molar-refractivity contribution in [2.24, 2.45) is 0 Å². The van der Waals surface area contributed by atoms with E-state index in [4.69, 9.17) is 0 Å². The molecule has 1 aromatic heterocycles. The molecule has 2 heterocycles. The minimum Gasteiger partial charge on any atom is -0.361 e. The Balaban J connectivity index is 1.91. The van der Waals surface area contributed by atoms with Crippen LogP contribution in [0.15, 0.2) is 48.7 Å². The predicted molar refractivity (Wildman–Crippen MR) is 83.0 cm³/mol. The number of aromatic amines is 1. The molecule has 2 aromatic carbocycles. The van der Waals surface area contributed by atoms with Gasteiger partial charge in [-0.25, -0.2) is 0 Å². The monoisotopic (exact) mass is 262 g/mol. The van der Waals surface area contributed by atoms with Crippen LogP contribution in [0.25, 0.3) is 10.9 Å². The van der Waals surface area contributed by atoms with E-state index < -0.39 is 0 Å². The van der Waals surface area contributed by atoms with Gasteiger partial charge in [-0.2, -0.15) is 0 Å². The number of rotatable bonds is 1. The number of benzene rings is 2. The van der Waals surface area contributed by atoms with Crippen molar-refractivity contribution in [1.29, 1.82) is 0 Å². The molecular weight excluding hydrogens is 244 g/mol. The molecule has 0 spiro atoms. The molecule has 2 nitrogen and oxygen atoms in total. The smallest absolute Gasteiger partial charge is 0.0600 e. The third-order valence-electron chi connectivity index (χ3n) is 4.38. The van der Waals surface area contributed by atoms with Crippen molar-refractivity contribution in [3.8, 4) is 0 Å². The number of fused-ring (bicyclic) bond motifs is 2. The minimum absolute atomic E-state index is 0.301. The molecule has 0 fully saturated rings. The third-order valence-corrected chi connectivity index (χ3v) is 4.38. The van der Waals surface area contributed by atoms with Crippen LogP contribution in [-0.2, 0) is 6.42 Å². The van der Waals surface area contributed by atoms with Crippen molar-refractivity contribution >= 4 is 10.9 Å². The van der Waals surface area contributed by atoms with Crippen LogP contribution in [0.4, 0.5) is 0 Å². The van der Waals surface area contributed by atoms with Crippen molar-refractivity contribution < 1.29 is 0 Å². The molecule has 0 aliphatic carbocycles. The first-order valence-electron chi connectivity index (χ1n) is 7.22. The van der Waals surface area contributed by atoms with E-state index in [0.29, 0.717) is 6.04 Å². The third kappa shape index (κ3) is 1.69. The highest BCUT2D eigenvalue weighted by Gasteiger charge is 2.23. The molecule has 1 unspecified atom stereocenters. The maximum Gasteiger partial charge on any atom is 0.0600 e. The van der Waals surface area contributed by atoms with Gasteiger partial charge in [0.05, 0.1) is 6.04 Å². The Labute approximate surface area is 118 Å². The van der Waals surface area contributed by atoms with E-state index in [2.05, 4.69) is 65.9 Å². The molecule has 100 valence electrons. The Kier molecular flexibility index (Phi) is 2.64. The summed E-state index contributed by atoms with van der Waals surface area (Å²) < 4.78 is 0. The van der Waals surface area contributed by atoms with Gasteiger partial charge in [0.1, 0.15) is 0 Å². The zero-order chi connectivity index (χ0) is 13.5.